The quantitative estimate of drug-likeness (QED) is 0.556. The van der Waals surface area contributed by atoms with Gasteiger partial charge >= 0.3 is 5.97 Å². The van der Waals surface area contributed by atoms with E-state index in [0.29, 0.717) is 10.3 Å². The van der Waals surface area contributed by atoms with Crippen LogP contribution in [0.1, 0.15) is 10.4 Å². The molecule has 1 heterocycles. The molecule has 0 spiro atoms. The second-order valence-electron chi connectivity index (χ2n) is 2.83. The van der Waals surface area contributed by atoms with Gasteiger partial charge in [-0.15, -0.1) is 0 Å². The first-order valence-electron chi connectivity index (χ1n) is 4.01. The molecule has 0 aliphatic heterocycles. The summed E-state index contributed by atoms with van der Waals surface area (Å²) in [6, 6.07) is 5.18. The smallest absolute Gasteiger partial charge is 0.337 e. The van der Waals surface area contributed by atoms with E-state index in [9.17, 15) is 4.79 Å². The lowest BCUT2D eigenvalue weighted by Gasteiger charge is -1.97. The molecule has 0 atom stereocenters. The number of methoxy groups -OCH3 is 1. The van der Waals surface area contributed by atoms with Gasteiger partial charge in [-0.2, -0.15) is 0 Å². The van der Waals surface area contributed by atoms with E-state index in [4.69, 9.17) is 12.2 Å². The van der Waals surface area contributed by atoms with Gasteiger partial charge in [0.1, 0.15) is 0 Å². The molecular formula is C9H8N2O2S. The summed E-state index contributed by atoms with van der Waals surface area (Å²) in [5.74, 6) is -0.354. The SMILES string of the molecule is COC(=O)c1ccc2[nH]c(=S)[nH]c2c1. The van der Waals surface area contributed by atoms with Crippen molar-refractivity contribution in [2.45, 2.75) is 0 Å². The van der Waals surface area contributed by atoms with Crippen LogP contribution in [0.15, 0.2) is 18.2 Å². The zero-order valence-corrected chi connectivity index (χ0v) is 8.27. The molecule has 5 heteroatoms. The maximum atomic E-state index is 11.2. The topological polar surface area (TPSA) is 57.9 Å². The van der Waals surface area contributed by atoms with Crippen molar-refractivity contribution in [1.29, 1.82) is 0 Å². The van der Waals surface area contributed by atoms with Crippen LogP contribution in [-0.4, -0.2) is 23.0 Å². The van der Waals surface area contributed by atoms with Gasteiger partial charge in [-0.1, -0.05) is 0 Å². The van der Waals surface area contributed by atoms with Crippen LogP contribution in [0.25, 0.3) is 11.0 Å². The predicted molar refractivity (Wildman–Crippen MR) is 54.8 cm³/mol. The summed E-state index contributed by atoms with van der Waals surface area (Å²) in [5, 5.41) is 0. The van der Waals surface area contributed by atoms with Crippen molar-refractivity contribution >= 4 is 29.2 Å². The first kappa shape index (κ1) is 8.96. The molecule has 0 unspecified atom stereocenters. The number of carbonyl (C=O) groups is 1. The number of esters is 1. The Morgan fingerprint density at radius 3 is 2.79 bits per heavy atom. The number of hydrogen-bond donors (Lipinski definition) is 2. The average Bonchev–Trinajstić information content (AvgIpc) is 2.55. The normalized spacial score (nSPS) is 10.4. The average molecular weight is 208 g/mol. The number of fused-ring (bicyclic) bond motifs is 1. The fraction of sp³-hybridized carbons (Fsp3) is 0.111. The van der Waals surface area contributed by atoms with E-state index in [2.05, 4.69) is 14.7 Å². The fourth-order valence-corrected chi connectivity index (χ4v) is 1.50. The van der Waals surface area contributed by atoms with Crippen molar-refractivity contribution in [1.82, 2.24) is 9.97 Å². The van der Waals surface area contributed by atoms with Crippen LogP contribution in [0.5, 0.6) is 0 Å². The van der Waals surface area contributed by atoms with Crippen LogP contribution in [0, 0.1) is 4.77 Å². The summed E-state index contributed by atoms with van der Waals surface area (Å²) in [7, 11) is 1.35. The van der Waals surface area contributed by atoms with Gasteiger partial charge in [-0.3, -0.25) is 0 Å². The third-order valence-corrected chi connectivity index (χ3v) is 2.14. The highest BCUT2D eigenvalue weighted by atomic mass is 32.1. The van der Waals surface area contributed by atoms with E-state index >= 15 is 0 Å². The maximum Gasteiger partial charge on any atom is 0.337 e. The minimum absolute atomic E-state index is 0.354. The Labute approximate surface area is 84.9 Å². The number of hydrogen-bond acceptors (Lipinski definition) is 3. The van der Waals surface area contributed by atoms with Crippen molar-refractivity contribution < 1.29 is 9.53 Å². The molecule has 2 rings (SSSR count). The summed E-state index contributed by atoms with van der Waals surface area (Å²) >= 11 is 4.92. The molecule has 0 aliphatic carbocycles. The Morgan fingerprint density at radius 2 is 2.07 bits per heavy atom. The van der Waals surface area contributed by atoms with Crippen LogP contribution in [0.3, 0.4) is 0 Å². The van der Waals surface area contributed by atoms with E-state index in [1.807, 2.05) is 0 Å². The number of nitrogens with one attached hydrogen (secondary N) is 2. The van der Waals surface area contributed by atoms with Gasteiger partial charge in [-0.25, -0.2) is 4.79 Å². The van der Waals surface area contributed by atoms with Crippen LogP contribution >= 0.6 is 12.2 Å². The molecule has 4 nitrogen and oxygen atoms in total. The number of aromatic nitrogens is 2. The van der Waals surface area contributed by atoms with Crippen molar-refractivity contribution in [2.24, 2.45) is 0 Å². The highest BCUT2D eigenvalue weighted by Gasteiger charge is 2.06. The minimum Gasteiger partial charge on any atom is -0.465 e. The van der Waals surface area contributed by atoms with Gasteiger partial charge in [0.2, 0.25) is 0 Å². The molecule has 14 heavy (non-hydrogen) atoms. The molecule has 72 valence electrons. The summed E-state index contributed by atoms with van der Waals surface area (Å²) in [4.78, 5) is 17.1. The molecule has 0 fully saturated rings. The molecule has 0 radical (unpaired) electrons. The zero-order valence-electron chi connectivity index (χ0n) is 7.46. The van der Waals surface area contributed by atoms with Crippen LogP contribution in [-0.2, 0) is 4.74 Å². The van der Waals surface area contributed by atoms with Crippen molar-refractivity contribution in [2.75, 3.05) is 7.11 Å². The third kappa shape index (κ3) is 1.42. The minimum atomic E-state index is -0.354. The van der Waals surface area contributed by atoms with Gasteiger partial charge < -0.3 is 14.7 Å². The lowest BCUT2D eigenvalue weighted by molar-refractivity contribution is 0.0601. The van der Waals surface area contributed by atoms with Gasteiger partial charge in [-0.05, 0) is 30.4 Å². The molecule has 0 amide bonds. The molecule has 0 saturated carbocycles. The van der Waals surface area contributed by atoms with E-state index in [-0.39, 0.29) is 5.97 Å². The number of rotatable bonds is 1. The first-order chi connectivity index (χ1) is 6.70. The summed E-state index contributed by atoms with van der Waals surface area (Å²) in [6.07, 6.45) is 0. The van der Waals surface area contributed by atoms with Crippen molar-refractivity contribution in [3.8, 4) is 0 Å². The predicted octanol–water partition coefficient (Wildman–Crippen LogP) is 2.01. The lowest BCUT2D eigenvalue weighted by atomic mass is 10.2. The summed E-state index contributed by atoms with van der Waals surface area (Å²) in [5.41, 5.74) is 2.19. The van der Waals surface area contributed by atoms with Crippen LogP contribution in [0.4, 0.5) is 0 Å². The number of aromatic amines is 2. The van der Waals surface area contributed by atoms with E-state index in [1.165, 1.54) is 7.11 Å². The molecule has 0 bridgehead atoms. The highest BCUT2D eigenvalue weighted by Crippen LogP contribution is 2.12. The van der Waals surface area contributed by atoms with E-state index < -0.39 is 0 Å². The fourth-order valence-electron chi connectivity index (χ4n) is 1.28. The Morgan fingerprint density at radius 1 is 1.36 bits per heavy atom. The summed E-state index contributed by atoms with van der Waals surface area (Å²) < 4.78 is 5.15. The Bertz CT molecular complexity index is 541. The number of ether oxygens (including phenoxy) is 1. The molecule has 1 aromatic carbocycles. The summed E-state index contributed by atoms with van der Waals surface area (Å²) in [6.45, 7) is 0. The second kappa shape index (κ2) is 3.26. The maximum absolute atomic E-state index is 11.2. The van der Waals surface area contributed by atoms with Gasteiger partial charge in [0, 0.05) is 0 Å². The van der Waals surface area contributed by atoms with Crippen molar-refractivity contribution in [3.05, 3.63) is 28.5 Å². The Kier molecular flexibility index (Phi) is 2.09. The molecule has 2 N–H and O–H groups in total. The third-order valence-electron chi connectivity index (χ3n) is 1.94. The Hall–Kier alpha value is -1.62. The molecule has 2 aromatic rings. The zero-order chi connectivity index (χ0) is 10.1. The number of carbonyl (C=O) groups excluding carboxylic acids is 1. The number of imidazole rings is 1. The molecule has 0 aliphatic rings. The molecule has 1 aromatic heterocycles. The van der Waals surface area contributed by atoms with Gasteiger partial charge in [0.05, 0.1) is 23.7 Å². The monoisotopic (exact) mass is 208 g/mol. The highest BCUT2D eigenvalue weighted by molar-refractivity contribution is 7.71. The Balaban J connectivity index is 2.61. The lowest BCUT2D eigenvalue weighted by Crippen LogP contribution is -2.00. The van der Waals surface area contributed by atoms with Gasteiger partial charge in [0.25, 0.3) is 0 Å². The van der Waals surface area contributed by atoms with Crippen LogP contribution < -0.4 is 0 Å². The van der Waals surface area contributed by atoms with E-state index in [0.717, 1.165) is 11.0 Å². The van der Waals surface area contributed by atoms with E-state index in [1.54, 1.807) is 18.2 Å². The number of benzene rings is 1. The molecular weight excluding hydrogens is 200 g/mol. The second-order valence-corrected chi connectivity index (χ2v) is 3.24. The largest absolute Gasteiger partial charge is 0.465 e. The first-order valence-corrected chi connectivity index (χ1v) is 4.42. The van der Waals surface area contributed by atoms with Gasteiger partial charge in [0.15, 0.2) is 4.77 Å². The molecule has 0 saturated heterocycles. The van der Waals surface area contributed by atoms with Crippen molar-refractivity contribution in [3.63, 3.8) is 0 Å². The standard InChI is InChI=1S/C9H8N2O2S/c1-13-8(12)5-2-3-6-7(4-5)11-9(14)10-6/h2-4H,1H3,(H2,10,11,14). The number of H-pyrrole nitrogens is 2. The van der Waals surface area contributed by atoms with Crippen LogP contribution in [0.2, 0.25) is 0 Å².